The smallest absolute Gasteiger partial charge is 0.251 e. The molecule has 2 heterocycles. The van der Waals surface area contributed by atoms with E-state index in [-0.39, 0.29) is 10.8 Å². The van der Waals surface area contributed by atoms with Crippen LogP contribution in [0.15, 0.2) is 29.2 Å². The van der Waals surface area contributed by atoms with Crippen molar-refractivity contribution in [2.24, 2.45) is 0 Å². The van der Waals surface area contributed by atoms with E-state index in [1.165, 1.54) is 39.9 Å². The Morgan fingerprint density at radius 3 is 2.59 bits per heavy atom. The van der Waals surface area contributed by atoms with Crippen molar-refractivity contribution in [2.75, 3.05) is 32.8 Å². The number of ether oxygens (including phenoxy) is 1. The zero-order valence-corrected chi connectivity index (χ0v) is 17.9. The van der Waals surface area contributed by atoms with E-state index in [2.05, 4.69) is 5.32 Å². The van der Waals surface area contributed by atoms with Crippen molar-refractivity contribution >= 4 is 27.3 Å². The molecule has 1 aromatic carbocycles. The van der Waals surface area contributed by atoms with Crippen molar-refractivity contribution in [3.05, 3.63) is 45.4 Å². The first-order valence-corrected chi connectivity index (χ1v) is 12.2. The minimum Gasteiger partial charge on any atom is -0.379 e. The van der Waals surface area contributed by atoms with Gasteiger partial charge in [0, 0.05) is 36.5 Å². The maximum absolute atomic E-state index is 12.6. The SMILES string of the molecule is O=C(NCCc1nc2c(s1)CCCC2)c1ccc(S(=O)(=O)N2CCOCC2)cc1. The fourth-order valence-corrected chi connectivity index (χ4v) is 6.18. The Bertz CT molecular complexity index is 941. The van der Waals surface area contributed by atoms with Crippen LogP contribution in [0.2, 0.25) is 0 Å². The molecule has 1 aliphatic heterocycles. The predicted molar refractivity (Wildman–Crippen MR) is 111 cm³/mol. The van der Waals surface area contributed by atoms with Gasteiger partial charge in [-0.2, -0.15) is 4.31 Å². The van der Waals surface area contributed by atoms with E-state index in [0.717, 1.165) is 17.8 Å². The number of morpholine rings is 1. The number of nitrogens with one attached hydrogen (secondary N) is 1. The van der Waals surface area contributed by atoms with E-state index >= 15 is 0 Å². The minimum absolute atomic E-state index is 0.198. The van der Waals surface area contributed by atoms with Crippen LogP contribution < -0.4 is 5.32 Å². The van der Waals surface area contributed by atoms with Gasteiger partial charge in [-0.25, -0.2) is 13.4 Å². The summed E-state index contributed by atoms with van der Waals surface area (Å²) in [7, 11) is -3.54. The Kier molecular flexibility index (Phi) is 6.29. The molecule has 1 amide bonds. The number of hydrogen-bond donors (Lipinski definition) is 1. The molecule has 1 N–H and O–H groups in total. The molecule has 0 bridgehead atoms. The lowest BCUT2D eigenvalue weighted by molar-refractivity contribution is 0.0730. The number of hydrogen-bond acceptors (Lipinski definition) is 6. The molecule has 0 unspecified atom stereocenters. The molecule has 9 heteroatoms. The van der Waals surface area contributed by atoms with Crippen LogP contribution in [-0.4, -0.2) is 56.5 Å². The third-order valence-corrected chi connectivity index (χ3v) is 8.37. The molecule has 1 saturated heterocycles. The van der Waals surface area contributed by atoms with Crippen molar-refractivity contribution < 1.29 is 17.9 Å². The summed E-state index contributed by atoms with van der Waals surface area (Å²) < 4.78 is 31.9. The minimum atomic E-state index is -3.54. The van der Waals surface area contributed by atoms with Crippen molar-refractivity contribution in [3.8, 4) is 0 Å². The number of carbonyl (C=O) groups is 1. The van der Waals surface area contributed by atoms with Gasteiger partial charge in [0.1, 0.15) is 0 Å². The maximum Gasteiger partial charge on any atom is 0.251 e. The second-order valence-electron chi connectivity index (χ2n) is 7.23. The van der Waals surface area contributed by atoms with Crippen LogP contribution in [0.3, 0.4) is 0 Å². The maximum atomic E-state index is 12.6. The van der Waals surface area contributed by atoms with E-state index in [1.54, 1.807) is 23.5 Å². The molecule has 4 rings (SSSR count). The first kappa shape index (κ1) is 20.5. The molecule has 1 fully saturated rings. The summed E-state index contributed by atoms with van der Waals surface area (Å²) in [6.45, 7) is 2.03. The first-order chi connectivity index (χ1) is 14.0. The third kappa shape index (κ3) is 4.69. The monoisotopic (exact) mass is 435 g/mol. The number of fused-ring (bicyclic) bond motifs is 1. The first-order valence-electron chi connectivity index (χ1n) is 9.98. The highest BCUT2D eigenvalue weighted by molar-refractivity contribution is 7.89. The molecule has 0 saturated carbocycles. The second kappa shape index (κ2) is 8.91. The second-order valence-corrected chi connectivity index (χ2v) is 10.3. The van der Waals surface area contributed by atoms with Crippen LogP contribution in [0.25, 0.3) is 0 Å². The van der Waals surface area contributed by atoms with Gasteiger partial charge >= 0.3 is 0 Å². The molecule has 0 atom stereocenters. The molecular formula is C20H25N3O4S2. The quantitative estimate of drug-likeness (QED) is 0.750. The lowest BCUT2D eigenvalue weighted by atomic mass is 10.0. The predicted octanol–water partition coefficient (Wildman–Crippen LogP) is 2.02. The van der Waals surface area contributed by atoms with E-state index < -0.39 is 10.0 Å². The van der Waals surface area contributed by atoms with Gasteiger partial charge < -0.3 is 10.1 Å². The summed E-state index contributed by atoms with van der Waals surface area (Å²) >= 11 is 1.76. The molecule has 156 valence electrons. The average molecular weight is 436 g/mol. The van der Waals surface area contributed by atoms with Crippen LogP contribution in [0.5, 0.6) is 0 Å². The Hall–Kier alpha value is -1.81. The van der Waals surface area contributed by atoms with Crippen LogP contribution in [-0.2, 0) is 34.0 Å². The summed E-state index contributed by atoms with van der Waals surface area (Å²) in [6.07, 6.45) is 5.36. The molecule has 2 aromatic rings. The zero-order valence-electron chi connectivity index (χ0n) is 16.2. The van der Waals surface area contributed by atoms with E-state index in [9.17, 15) is 13.2 Å². The highest BCUT2D eigenvalue weighted by Crippen LogP contribution is 2.26. The van der Waals surface area contributed by atoms with Crippen molar-refractivity contribution in [3.63, 3.8) is 0 Å². The summed E-state index contributed by atoms with van der Waals surface area (Å²) in [4.78, 5) is 18.7. The number of aromatic nitrogens is 1. The Labute approximate surface area is 175 Å². The standard InChI is InChI=1S/C20H25N3O4S2/c24-20(21-10-9-19-22-17-3-1-2-4-18(17)28-19)15-5-7-16(8-6-15)29(25,26)23-11-13-27-14-12-23/h5-8H,1-4,9-14H2,(H,21,24). The molecule has 1 aliphatic carbocycles. The Balaban J connectivity index is 1.32. The average Bonchev–Trinajstić information content (AvgIpc) is 3.17. The Morgan fingerprint density at radius 2 is 1.86 bits per heavy atom. The Morgan fingerprint density at radius 1 is 1.14 bits per heavy atom. The van der Waals surface area contributed by atoms with Gasteiger partial charge in [-0.15, -0.1) is 11.3 Å². The summed E-state index contributed by atoms with van der Waals surface area (Å²) in [5, 5.41) is 3.97. The third-order valence-electron chi connectivity index (χ3n) is 5.24. The lowest BCUT2D eigenvalue weighted by Crippen LogP contribution is -2.40. The van der Waals surface area contributed by atoms with Crippen LogP contribution in [0.4, 0.5) is 0 Å². The largest absolute Gasteiger partial charge is 0.379 e. The van der Waals surface area contributed by atoms with Crippen LogP contribution >= 0.6 is 11.3 Å². The van der Waals surface area contributed by atoms with E-state index in [0.29, 0.717) is 44.8 Å². The van der Waals surface area contributed by atoms with Gasteiger partial charge in [-0.05, 0) is 49.9 Å². The molecule has 7 nitrogen and oxygen atoms in total. The van der Waals surface area contributed by atoms with Gasteiger partial charge in [0.2, 0.25) is 10.0 Å². The lowest BCUT2D eigenvalue weighted by Gasteiger charge is -2.26. The molecule has 0 radical (unpaired) electrons. The van der Waals surface area contributed by atoms with Gasteiger partial charge in [0.25, 0.3) is 5.91 Å². The van der Waals surface area contributed by atoms with Crippen molar-refractivity contribution in [1.29, 1.82) is 0 Å². The molecule has 29 heavy (non-hydrogen) atoms. The summed E-state index contributed by atoms with van der Waals surface area (Å²) in [5.74, 6) is -0.207. The topological polar surface area (TPSA) is 88.6 Å². The molecule has 1 aromatic heterocycles. The number of carbonyl (C=O) groups excluding carboxylic acids is 1. The summed E-state index contributed by atoms with van der Waals surface area (Å²) in [6, 6.07) is 6.11. The normalized spacial score (nSPS) is 17.7. The number of amides is 1. The van der Waals surface area contributed by atoms with Crippen LogP contribution in [0.1, 0.15) is 38.8 Å². The number of thiazole rings is 1. The molecule has 0 spiro atoms. The number of aryl methyl sites for hydroxylation is 2. The highest BCUT2D eigenvalue weighted by atomic mass is 32.2. The fraction of sp³-hybridized carbons (Fsp3) is 0.500. The number of benzene rings is 1. The highest BCUT2D eigenvalue weighted by Gasteiger charge is 2.26. The summed E-state index contributed by atoms with van der Waals surface area (Å²) in [5.41, 5.74) is 1.68. The van der Waals surface area contributed by atoms with E-state index in [1.807, 2.05) is 0 Å². The number of nitrogens with zero attached hydrogens (tertiary/aromatic N) is 2. The number of sulfonamides is 1. The molecular weight excluding hydrogens is 410 g/mol. The number of rotatable bonds is 6. The molecule has 2 aliphatic rings. The zero-order chi connectivity index (χ0) is 20.3. The van der Waals surface area contributed by atoms with Crippen molar-refractivity contribution in [2.45, 2.75) is 37.0 Å². The van der Waals surface area contributed by atoms with Gasteiger partial charge in [-0.1, -0.05) is 0 Å². The van der Waals surface area contributed by atoms with E-state index in [4.69, 9.17) is 9.72 Å². The van der Waals surface area contributed by atoms with Gasteiger partial charge in [0.15, 0.2) is 0 Å². The van der Waals surface area contributed by atoms with Crippen LogP contribution in [0, 0.1) is 0 Å². The fourth-order valence-electron chi connectivity index (χ4n) is 3.61. The van der Waals surface area contributed by atoms with Crippen molar-refractivity contribution in [1.82, 2.24) is 14.6 Å². The van der Waals surface area contributed by atoms with Gasteiger partial charge in [0.05, 0.1) is 28.8 Å². The van der Waals surface area contributed by atoms with Gasteiger partial charge in [-0.3, -0.25) is 4.79 Å².